The SMILES string of the molecule is NCc1sccc1-c1ccc2c(c1)CCO2. The Morgan fingerprint density at radius 2 is 2.25 bits per heavy atom. The van der Waals surface area contributed by atoms with Crippen LogP contribution in [0.15, 0.2) is 29.6 Å². The Kier molecular flexibility index (Phi) is 2.42. The van der Waals surface area contributed by atoms with Crippen molar-refractivity contribution in [2.45, 2.75) is 13.0 Å². The van der Waals surface area contributed by atoms with Crippen LogP contribution in [0.3, 0.4) is 0 Å². The first kappa shape index (κ1) is 9.87. The second kappa shape index (κ2) is 3.92. The molecule has 0 aliphatic carbocycles. The lowest BCUT2D eigenvalue weighted by Crippen LogP contribution is -1.94. The fourth-order valence-corrected chi connectivity index (χ4v) is 2.89. The molecule has 2 heterocycles. The molecule has 0 fully saturated rings. The fourth-order valence-electron chi connectivity index (χ4n) is 2.11. The Labute approximate surface area is 98.7 Å². The lowest BCUT2D eigenvalue weighted by Gasteiger charge is -2.04. The molecule has 0 spiro atoms. The lowest BCUT2D eigenvalue weighted by atomic mass is 10.0. The van der Waals surface area contributed by atoms with Crippen molar-refractivity contribution in [3.63, 3.8) is 0 Å². The van der Waals surface area contributed by atoms with Crippen molar-refractivity contribution >= 4 is 11.3 Å². The molecule has 2 N–H and O–H groups in total. The standard InChI is InChI=1S/C13H13NOS/c14-8-13-11(4-6-16-13)9-1-2-12-10(7-9)3-5-15-12/h1-2,4,6-7H,3,5,8,14H2. The van der Waals surface area contributed by atoms with E-state index in [1.807, 2.05) is 0 Å². The Bertz CT molecular complexity index is 518. The molecule has 0 bridgehead atoms. The Morgan fingerprint density at radius 1 is 1.31 bits per heavy atom. The van der Waals surface area contributed by atoms with Crippen LogP contribution in [0.5, 0.6) is 5.75 Å². The van der Waals surface area contributed by atoms with Gasteiger partial charge in [-0.25, -0.2) is 0 Å². The van der Waals surface area contributed by atoms with Crippen molar-refractivity contribution in [1.82, 2.24) is 0 Å². The van der Waals surface area contributed by atoms with Gasteiger partial charge in [-0.2, -0.15) is 0 Å². The first-order valence-electron chi connectivity index (χ1n) is 5.41. The second-order valence-corrected chi connectivity index (χ2v) is 4.88. The van der Waals surface area contributed by atoms with Crippen LogP contribution in [-0.2, 0) is 13.0 Å². The highest BCUT2D eigenvalue weighted by molar-refractivity contribution is 7.10. The molecule has 82 valence electrons. The molecule has 16 heavy (non-hydrogen) atoms. The molecule has 1 aromatic carbocycles. The maximum absolute atomic E-state index is 5.73. The molecule has 1 aliphatic rings. The van der Waals surface area contributed by atoms with Gasteiger partial charge in [0.2, 0.25) is 0 Å². The van der Waals surface area contributed by atoms with Gasteiger partial charge in [-0.3, -0.25) is 0 Å². The molecule has 3 rings (SSSR count). The molecule has 0 unspecified atom stereocenters. The summed E-state index contributed by atoms with van der Waals surface area (Å²) < 4.78 is 5.51. The van der Waals surface area contributed by atoms with E-state index in [1.54, 1.807) is 11.3 Å². The van der Waals surface area contributed by atoms with E-state index < -0.39 is 0 Å². The summed E-state index contributed by atoms with van der Waals surface area (Å²) in [4.78, 5) is 1.25. The van der Waals surface area contributed by atoms with Crippen LogP contribution in [0.4, 0.5) is 0 Å². The first-order chi connectivity index (χ1) is 7.88. The van der Waals surface area contributed by atoms with Crippen LogP contribution in [0.1, 0.15) is 10.4 Å². The summed E-state index contributed by atoms with van der Waals surface area (Å²) in [6.45, 7) is 1.42. The number of ether oxygens (including phenoxy) is 1. The molecule has 0 saturated heterocycles. The van der Waals surface area contributed by atoms with Gasteiger partial charge in [0.05, 0.1) is 6.61 Å². The van der Waals surface area contributed by atoms with Gasteiger partial charge in [-0.15, -0.1) is 11.3 Å². The van der Waals surface area contributed by atoms with Crippen molar-refractivity contribution in [3.05, 3.63) is 40.1 Å². The van der Waals surface area contributed by atoms with Crippen LogP contribution >= 0.6 is 11.3 Å². The van der Waals surface area contributed by atoms with Gasteiger partial charge in [0, 0.05) is 17.8 Å². The predicted molar refractivity (Wildman–Crippen MR) is 66.8 cm³/mol. The molecule has 3 heteroatoms. The zero-order chi connectivity index (χ0) is 11.0. The molecule has 2 aromatic rings. The number of rotatable bonds is 2. The Balaban J connectivity index is 2.07. The number of nitrogens with two attached hydrogens (primary N) is 1. The monoisotopic (exact) mass is 231 g/mol. The minimum Gasteiger partial charge on any atom is -0.493 e. The smallest absolute Gasteiger partial charge is 0.122 e. The Hall–Kier alpha value is -1.32. The molecule has 1 aliphatic heterocycles. The summed E-state index contributed by atoms with van der Waals surface area (Å²) in [6.07, 6.45) is 1.02. The molecule has 1 aromatic heterocycles. The number of benzene rings is 1. The largest absolute Gasteiger partial charge is 0.493 e. The van der Waals surface area contributed by atoms with Crippen molar-refractivity contribution in [3.8, 4) is 16.9 Å². The van der Waals surface area contributed by atoms with Gasteiger partial charge in [-0.05, 0) is 40.3 Å². The molecular formula is C13H13NOS. The summed E-state index contributed by atoms with van der Waals surface area (Å²) in [6, 6.07) is 8.55. The van der Waals surface area contributed by atoms with E-state index in [9.17, 15) is 0 Å². The molecule has 0 atom stereocenters. The maximum Gasteiger partial charge on any atom is 0.122 e. The van der Waals surface area contributed by atoms with Crippen molar-refractivity contribution in [2.24, 2.45) is 5.73 Å². The number of fused-ring (bicyclic) bond motifs is 1. The van der Waals surface area contributed by atoms with E-state index in [0.29, 0.717) is 6.54 Å². The summed E-state index contributed by atoms with van der Waals surface area (Å²) in [7, 11) is 0. The van der Waals surface area contributed by atoms with Crippen molar-refractivity contribution in [1.29, 1.82) is 0 Å². The van der Waals surface area contributed by atoms with Crippen molar-refractivity contribution in [2.75, 3.05) is 6.61 Å². The number of hydrogen-bond acceptors (Lipinski definition) is 3. The van der Waals surface area contributed by atoms with Gasteiger partial charge in [0.25, 0.3) is 0 Å². The second-order valence-electron chi connectivity index (χ2n) is 3.88. The van der Waals surface area contributed by atoms with Crippen LogP contribution in [0.2, 0.25) is 0 Å². The zero-order valence-corrected chi connectivity index (χ0v) is 9.72. The molecule has 0 amide bonds. The highest BCUT2D eigenvalue weighted by Crippen LogP contribution is 2.33. The topological polar surface area (TPSA) is 35.2 Å². The Morgan fingerprint density at radius 3 is 3.12 bits per heavy atom. The average molecular weight is 231 g/mol. The molecule has 2 nitrogen and oxygen atoms in total. The van der Waals surface area contributed by atoms with E-state index in [1.165, 1.54) is 21.6 Å². The van der Waals surface area contributed by atoms with Gasteiger partial charge >= 0.3 is 0 Å². The van der Waals surface area contributed by atoms with Crippen LogP contribution < -0.4 is 10.5 Å². The molecular weight excluding hydrogens is 218 g/mol. The normalized spacial score (nSPS) is 13.6. The minimum absolute atomic E-state index is 0.612. The van der Waals surface area contributed by atoms with Crippen LogP contribution in [-0.4, -0.2) is 6.61 Å². The van der Waals surface area contributed by atoms with Gasteiger partial charge < -0.3 is 10.5 Å². The summed E-state index contributed by atoms with van der Waals surface area (Å²) in [5.74, 6) is 1.04. The maximum atomic E-state index is 5.73. The third-order valence-corrected chi connectivity index (χ3v) is 3.87. The van der Waals surface area contributed by atoms with Gasteiger partial charge in [0.1, 0.15) is 5.75 Å². The van der Waals surface area contributed by atoms with E-state index in [0.717, 1.165) is 18.8 Å². The minimum atomic E-state index is 0.612. The van der Waals surface area contributed by atoms with E-state index in [2.05, 4.69) is 29.6 Å². The zero-order valence-electron chi connectivity index (χ0n) is 8.90. The highest BCUT2D eigenvalue weighted by Gasteiger charge is 2.13. The quantitative estimate of drug-likeness (QED) is 0.862. The molecule has 0 saturated carbocycles. The average Bonchev–Trinajstić information content (AvgIpc) is 2.96. The van der Waals surface area contributed by atoms with E-state index in [-0.39, 0.29) is 0 Å². The summed E-state index contributed by atoms with van der Waals surface area (Å²) in [5, 5.41) is 2.10. The lowest BCUT2D eigenvalue weighted by molar-refractivity contribution is 0.357. The number of hydrogen-bond donors (Lipinski definition) is 1. The van der Waals surface area contributed by atoms with E-state index >= 15 is 0 Å². The van der Waals surface area contributed by atoms with Gasteiger partial charge in [0.15, 0.2) is 0 Å². The summed E-state index contributed by atoms with van der Waals surface area (Å²) >= 11 is 1.72. The van der Waals surface area contributed by atoms with Crippen molar-refractivity contribution < 1.29 is 4.74 Å². The third kappa shape index (κ3) is 1.52. The van der Waals surface area contributed by atoms with Crippen LogP contribution in [0.25, 0.3) is 11.1 Å². The predicted octanol–water partition coefficient (Wildman–Crippen LogP) is 2.81. The van der Waals surface area contributed by atoms with E-state index in [4.69, 9.17) is 10.5 Å². The number of thiophene rings is 1. The van der Waals surface area contributed by atoms with Crippen LogP contribution in [0, 0.1) is 0 Å². The van der Waals surface area contributed by atoms with Gasteiger partial charge in [-0.1, -0.05) is 6.07 Å². The first-order valence-corrected chi connectivity index (χ1v) is 6.29. The fraction of sp³-hybridized carbons (Fsp3) is 0.231. The summed E-state index contributed by atoms with van der Waals surface area (Å²) in [5.41, 5.74) is 9.56. The third-order valence-electron chi connectivity index (χ3n) is 2.93. The highest BCUT2D eigenvalue weighted by atomic mass is 32.1. The molecule has 0 radical (unpaired) electrons.